The highest BCUT2D eigenvalue weighted by Crippen LogP contribution is 2.31. The summed E-state index contributed by atoms with van der Waals surface area (Å²) < 4.78 is 5.61. The van der Waals surface area contributed by atoms with Crippen molar-refractivity contribution in [2.45, 2.75) is 26.8 Å². The lowest BCUT2D eigenvalue weighted by atomic mass is 10.1. The van der Waals surface area contributed by atoms with Crippen LogP contribution in [0.1, 0.15) is 30.0 Å². The number of anilines is 1. The molecule has 0 fully saturated rings. The number of halogens is 1. The van der Waals surface area contributed by atoms with Crippen LogP contribution in [0.4, 0.5) is 5.69 Å². The number of pyridine rings is 1. The summed E-state index contributed by atoms with van der Waals surface area (Å²) in [5, 5.41) is 5.21. The Kier molecular flexibility index (Phi) is 3.60. The van der Waals surface area contributed by atoms with Gasteiger partial charge in [-0.1, -0.05) is 11.6 Å². The maximum atomic E-state index is 6.21. The number of nitrogens with one attached hydrogen (secondary N) is 1. The molecule has 1 unspecified atom stereocenters. The zero-order valence-electron chi connectivity index (χ0n) is 12.3. The van der Waals surface area contributed by atoms with E-state index in [-0.39, 0.29) is 6.04 Å². The summed E-state index contributed by atoms with van der Waals surface area (Å²) in [4.78, 5) is 4.35. The Hall–Kier alpha value is -2.00. The summed E-state index contributed by atoms with van der Waals surface area (Å²) in [7, 11) is 0. The van der Waals surface area contributed by atoms with Gasteiger partial charge in [0.1, 0.15) is 11.5 Å². The molecule has 0 aliphatic rings. The predicted octanol–water partition coefficient (Wildman–Crippen LogP) is 5.27. The van der Waals surface area contributed by atoms with E-state index in [0.717, 1.165) is 28.1 Å². The molecule has 0 spiro atoms. The van der Waals surface area contributed by atoms with Crippen molar-refractivity contribution in [2.24, 2.45) is 0 Å². The Morgan fingerprint density at radius 3 is 2.76 bits per heavy atom. The largest absolute Gasteiger partial charge is 0.466 e. The molecule has 3 aromatic rings. The molecule has 0 aliphatic carbocycles. The second-order valence-electron chi connectivity index (χ2n) is 5.23. The number of hydrogen-bond donors (Lipinski definition) is 1. The SMILES string of the molecule is Cc1cc(C(C)Nc2ccc(Cl)c3ncccc23)c(C)o1. The Bertz CT molecular complexity index is 795. The van der Waals surface area contributed by atoms with Gasteiger partial charge in [0.15, 0.2) is 0 Å². The Morgan fingerprint density at radius 2 is 2.05 bits per heavy atom. The minimum atomic E-state index is 0.145. The highest BCUT2D eigenvalue weighted by Gasteiger charge is 2.14. The number of nitrogens with zero attached hydrogens (tertiary/aromatic N) is 1. The molecule has 0 amide bonds. The van der Waals surface area contributed by atoms with E-state index in [1.54, 1.807) is 6.20 Å². The van der Waals surface area contributed by atoms with Gasteiger partial charge in [-0.3, -0.25) is 4.98 Å². The summed E-state index contributed by atoms with van der Waals surface area (Å²) in [5.74, 6) is 1.88. The van der Waals surface area contributed by atoms with E-state index in [2.05, 4.69) is 23.3 Å². The Morgan fingerprint density at radius 1 is 1.24 bits per heavy atom. The van der Waals surface area contributed by atoms with Gasteiger partial charge in [-0.2, -0.15) is 0 Å². The molecule has 0 saturated carbocycles. The van der Waals surface area contributed by atoms with Crippen molar-refractivity contribution < 1.29 is 4.42 Å². The average Bonchev–Trinajstić information content (AvgIpc) is 2.81. The third-order valence-corrected chi connectivity index (χ3v) is 3.94. The number of aryl methyl sites for hydroxylation is 2. The zero-order valence-corrected chi connectivity index (χ0v) is 13.0. The van der Waals surface area contributed by atoms with E-state index < -0.39 is 0 Å². The second kappa shape index (κ2) is 5.41. The maximum Gasteiger partial charge on any atom is 0.106 e. The highest BCUT2D eigenvalue weighted by atomic mass is 35.5. The molecule has 4 heteroatoms. The van der Waals surface area contributed by atoms with E-state index in [0.29, 0.717) is 5.02 Å². The number of fused-ring (bicyclic) bond motifs is 1. The number of benzene rings is 1. The van der Waals surface area contributed by atoms with Crippen molar-refractivity contribution in [3.63, 3.8) is 0 Å². The molecule has 1 N–H and O–H groups in total. The van der Waals surface area contributed by atoms with Crippen molar-refractivity contribution >= 4 is 28.2 Å². The molecule has 2 heterocycles. The maximum absolute atomic E-state index is 6.21. The summed E-state index contributed by atoms with van der Waals surface area (Å²) in [5.41, 5.74) is 3.00. The standard InChI is InChI=1S/C17H17ClN2O/c1-10-9-14(12(3)21-10)11(2)20-16-7-6-15(18)17-13(16)5-4-8-19-17/h4-9,11,20H,1-3H3. The van der Waals surface area contributed by atoms with Crippen LogP contribution >= 0.6 is 11.6 Å². The van der Waals surface area contributed by atoms with Gasteiger partial charge >= 0.3 is 0 Å². The Balaban J connectivity index is 1.99. The van der Waals surface area contributed by atoms with Crippen LogP contribution in [0.3, 0.4) is 0 Å². The van der Waals surface area contributed by atoms with Gasteiger partial charge < -0.3 is 9.73 Å². The molecular formula is C17H17ClN2O. The van der Waals surface area contributed by atoms with Crippen LogP contribution in [0, 0.1) is 13.8 Å². The van der Waals surface area contributed by atoms with Crippen molar-refractivity contribution in [3.8, 4) is 0 Å². The van der Waals surface area contributed by atoms with E-state index in [1.807, 2.05) is 38.1 Å². The number of furan rings is 1. The van der Waals surface area contributed by atoms with Crippen LogP contribution in [0.2, 0.25) is 5.02 Å². The first-order valence-corrected chi connectivity index (χ1v) is 7.31. The first-order valence-electron chi connectivity index (χ1n) is 6.93. The lowest BCUT2D eigenvalue weighted by Crippen LogP contribution is -2.07. The molecule has 0 radical (unpaired) electrons. The van der Waals surface area contributed by atoms with E-state index >= 15 is 0 Å². The normalized spacial score (nSPS) is 12.6. The summed E-state index contributed by atoms with van der Waals surface area (Å²) >= 11 is 6.21. The predicted molar refractivity (Wildman–Crippen MR) is 87.0 cm³/mol. The molecule has 108 valence electrons. The van der Waals surface area contributed by atoms with Gasteiger partial charge in [-0.05, 0) is 51.1 Å². The average molecular weight is 301 g/mol. The van der Waals surface area contributed by atoms with Crippen molar-refractivity contribution in [3.05, 3.63) is 58.6 Å². The van der Waals surface area contributed by atoms with Crippen molar-refractivity contribution in [1.29, 1.82) is 0 Å². The fourth-order valence-corrected chi connectivity index (χ4v) is 2.87. The minimum Gasteiger partial charge on any atom is -0.466 e. The van der Waals surface area contributed by atoms with Crippen molar-refractivity contribution in [2.75, 3.05) is 5.32 Å². The summed E-state index contributed by atoms with van der Waals surface area (Å²) in [6.45, 7) is 6.07. The molecule has 3 rings (SSSR count). The second-order valence-corrected chi connectivity index (χ2v) is 5.64. The van der Waals surface area contributed by atoms with Gasteiger partial charge in [0, 0.05) is 22.8 Å². The van der Waals surface area contributed by atoms with E-state index in [9.17, 15) is 0 Å². The van der Waals surface area contributed by atoms with Gasteiger partial charge in [0.05, 0.1) is 16.6 Å². The smallest absolute Gasteiger partial charge is 0.106 e. The molecular weight excluding hydrogens is 284 g/mol. The van der Waals surface area contributed by atoms with Crippen LogP contribution in [0.25, 0.3) is 10.9 Å². The molecule has 0 saturated heterocycles. The highest BCUT2D eigenvalue weighted by molar-refractivity contribution is 6.35. The first kappa shape index (κ1) is 14.0. The molecule has 0 aliphatic heterocycles. The summed E-state index contributed by atoms with van der Waals surface area (Å²) in [6.07, 6.45) is 1.75. The van der Waals surface area contributed by atoms with Crippen molar-refractivity contribution in [1.82, 2.24) is 4.98 Å². The van der Waals surface area contributed by atoms with Gasteiger partial charge in [0.25, 0.3) is 0 Å². The summed E-state index contributed by atoms with van der Waals surface area (Å²) in [6, 6.07) is 10.0. The lowest BCUT2D eigenvalue weighted by molar-refractivity contribution is 0.500. The fourth-order valence-electron chi connectivity index (χ4n) is 2.66. The first-order chi connectivity index (χ1) is 10.1. The minimum absolute atomic E-state index is 0.145. The quantitative estimate of drug-likeness (QED) is 0.716. The van der Waals surface area contributed by atoms with Gasteiger partial charge in [-0.25, -0.2) is 0 Å². The van der Waals surface area contributed by atoms with Crippen LogP contribution in [0.5, 0.6) is 0 Å². The fraction of sp³-hybridized carbons (Fsp3) is 0.235. The van der Waals surface area contributed by atoms with E-state index in [1.165, 1.54) is 5.56 Å². The van der Waals surface area contributed by atoms with E-state index in [4.69, 9.17) is 16.0 Å². The number of rotatable bonds is 3. The monoisotopic (exact) mass is 300 g/mol. The number of hydrogen-bond acceptors (Lipinski definition) is 3. The molecule has 21 heavy (non-hydrogen) atoms. The third-order valence-electron chi connectivity index (χ3n) is 3.64. The van der Waals surface area contributed by atoms with Crippen LogP contribution in [-0.4, -0.2) is 4.98 Å². The molecule has 3 nitrogen and oxygen atoms in total. The third kappa shape index (κ3) is 2.61. The molecule has 1 atom stereocenters. The zero-order chi connectivity index (χ0) is 15.0. The van der Waals surface area contributed by atoms with Crippen LogP contribution in [-0.2, 0) is 0 Å². The number of aromatic nitrogens is 1. The molecule has 2 aromatic heterocycles. The van der Waals surface area contributed by atoms with Gasteiger partial charge in [-0.15, -0.1) is 0 Å². The van der Waals surface area contributed by atoms with Gasteiger partial charge in [0.2, 0.25) is 0 Å². The Labute approximate surface area is 128 Å². The van der Waals surface area contributed by atoms with Crippen LogP contribution < -0.4 is 5.32 Å². The topological polar surface area (TPSA) is 38.1 Å². The lowest BCUT2D eigenvalue weighted by Gasteiger charge is -2.16. The van der Waals surface area contributed by atoms with Crippen LogP contribution in [0.15, 0.2) is 40.9 Å². The molecule has 0 bridgehead atoms. The molecule has 1 aromatic carbocycles.